The van der Waals surface area contributed by atoms with Crippen molar-refractivity contribution >= 4 is 0 Å². The van der Waals surface area contributed by atoms with E-state index in [1.165, 1.54) is 19.3 Å². The van der Waals surface area contributed by atoms with Gasteiger partial charge in [0.05, 0.1) is 13.2 Å². The van der Waals surface area contributed by atoms with Crippen molar-refractivity contribution in [1.29, 1.82) is 0 Å². The van der Waals surface area contributed by atoms with Gasteiger partial charge in [0.1, 0.15) is 0 Å². The zero-order valence-corrected chi connectivity index (χ0v) is 9.64. The van der Waals surface area contributed by atoms with Crippen LogP contribution in [0.2, 0.25) is 0 Å². The van der Waals surface area contributed by atoms with E-state index in [2.05, 4.69) is 20.8 Å². The van der Waals surface area contributed by atoms with E-state index in [-0.39, 0.29) is 5.79 Å². The van der Waals surface area contributed by atoms with Crippen molar-refractivity contribution in [3.8, 4) is 0 Å². The summed E-state index contributed by atoms with van der Waals surface area (Å²) in [5, 5.41) is 0. The fourth-order valence-corrected chi connectivity index (χ4v) is 3.00. The first-order valence-corrected chi connectivity index (χ1v) is 5.89. The Labute approximate surface area is 87.0 Å². The van der Waals surface area contributed by atoms with E-state index in [1.54, 1.807) is 0 Å². The SMILES string of the molecule is CCC(C)(C)C1CCCC12OCCO2. The molecule has 0 aromatic carbocycles. The van der Waals surface area contributed by atoms with E-state index >= 15 is 0 Å². The van der Waals surface area contributed by atoms with Crippen LogP contribution < -0.4 is 0 Å². The van der Waals surface area contributed by atoms with E-state index in [1.807, 2.05) is 0 Å². The van der Waals surface area contributed by atoms with Crippen molar-refractivity contribution in [2.45, 2.75) is 52.2 Å². The second kappa shape index (κ2) is 3.49. The first-order chi connectivity index (χ1) is 6.61. The quantitative estimate of drug-likeness (QED) is 0.679. The summed E-state index contributed by atoms with van der Waals surface area (Å²) in [5.41, 5.74) is 0.348. The van der Waals surface area contributed by atoms with Gasteiger partial charge in [-0.25, -0.2) is 0 Å². The molecule has 14 heavy (non-hydrogen) atoms. The van der Waals surface area contributed by atoms with Crippen LogP contribution in [0.4, 0.5) is 0 Å². The summed E-state index contributed by atoms with van der Waals surface area (Å²) in [5.74, 6) is 0.377. The maximum absolute atomic E-state index is 5.88. The fourth-order valence-electron chi connectivity index (χ4n) is 3.00. The molecule has 1 spiro atoms. The van der Waals surface area contributed by atoms with Crippen LogP contribution in [0.25, 0.3) is 0 Å². The van der Waals surface area contributed by atoms with E-state index in [0.29, 0.717) is 11.3 Å². The highest BCUT2D eigenvalue weighted by molar-refractivity contribution is 4.95. The zero-order chi connectivity index (χ0) is 10.2. The Hall–Kier alpha value is -0.0800. The third kappa shape index (κ3) is 1.49. The van der Waals surface area contributed by atoms with Gasteiger partial charge in [0, 0.05) is 12.3 Å². The molecule has 0 amide bonds. The lowest BCUT2D eigenvalue weighted by Gasteiger charge is -2.40. The van der Waals surface area contributed by atoms with Crippen LogP contribution in [0.1, 0.15) is 46.5 Å². The minimum Gasteiger partial charge on any atom is -0.347 e. The highest BCUT2D eigenvalue weighted by Gasteiger charge is 2.52. The minimum atomic E-state index is -0.209. The Bertz CT molecular complexity index is 199. The van der Waals surface area contributed by atoms with Gasteiger partial charge < -0.3 is 9.47 Å². The smallest absolute Gasteiger partial charge is 0.171 e. The number of rotatable bonds is 2. The van der Waals surface area contributed by atoms with Crippen LogP contribution in [0.3, 0.4) is 0 Å². The van der Waals surface area contributed by atoms with Crippen LogP contribution in [0.15, 0.2) is 0 Å². The van der Waals surface area contributed by atoms with Gasteiger partial charge in [-0.1, -0.05) is 27.2 Å². The third-order valence-corrected chi connectivity index (χ3v) is 4.18. The molecule has 0 bridgehead atoms. The van der Waals surface area contributed by atoms with E-state index in [9.17, 15) is 0 Å². The first-order valence-electron chi connectivity index (χ1n) is 5.89. The average Bonchev–Trinajstić information content (AvgIpc) is 2.77. The van der Waals surface area contributed by atoms with Crippen LogP contribution >= 0.6 is 0 Å². The van der Waals surface area contributed by atoms with E-state index in [4.69, 9.17) is 9.47 Å². The lowest BCUT2D eigenvalue weighted by Crippen LogP contribution is -2.42. The molecule has 1 atom stereocenters. The van der Waals surface area contributed by atoms with Crippen molar-refractivity contribution in [3.05, 3.63) is 0 Å². The number of hydrogen-bond donors (Lipinski definition) is 0. The van der Waals surface area contributed by atoms with Crippen molar-refractivity contribution < 1.29 is 9.47 Å². The van der Waals surface area contributed by atoms with Gasteiger partial charge in [-0.15, -0.1) is 0 Å². The molecular formula is C12H22O2. The molecule has 2 heteroatoms. The molecule has 2 nitrogen and oxygen atoms in total. The fraction of sp³-hybridized carbons (Fsp3) is 1.00. The van der Waals surface area contributed by atoms with Gasteiger partial charge in [0.25, 0.3) is 0 Å². The maximum atomic E-state index is 5.88. The Balaban J connectivity index is 2.18. The lowest BCUT2D eigenvalue weighted by molar-refractivity contribution is -0.204. The molecule has 2 fully saturated rings. The summed E-state index contributed by atoms with van der Waals surface area (Å²) in [6, 6.07) is 0. The predicted molar refractivity (Wildman–Crippen MR) is 56.0 cm³/mol. The maximum Gasteiger partial charge on any atom is 0.171 e. The normalized spacial score (nSPS) is 31.5. The van der Waals surface area contributed by atoms with Crippen molar-refractivity contribution in [2.24, 2.45) is 11.3 Å². The van der Waals surface area contributed by atoms with Crippen molar-refractivity contribution in [2.75, 3.05) is 13.2 Å². The molecule has 82 valence electrons. The highest BCUT2D eigenvalue weighted by Crippen LogP contribution is 2.51. The molecule has 1 unspecified atom stereocenters. The molecule has 2 aliphatic rings. The molecule has 0 aromatic rings. The second-order valence-electron chi connectivity index (χ2n) is 5.30. The van der Waals surface area contributed by atoms with Gasteiger partial charge in [0.15, 0.2) is 5.79 Å². The highest BCUT2D eigenvalue weighted by atomic mass is 16.7. The molecule has 0 aromatic heterocycles. The summed E-state index contributed by atoms with van der Waals surface area (Å²) < 4.78 is 11.8. The van der Waals surface area contributed by atoms with Gasteiger partial charge >= 0.3 is 0 Å². The van der Waals surface area contributed by atoms with Crippen molar-refractivity contribution in [1.82, 2.24) is 0 Å². The van der Waals surface area contributed by atoms with Gasteiger partial charge in [-0.3, -0.25) is 0 Å². The Morgan fingerprint density at radius 3 is 2.50 bits per heavy atom. The third-order valence-electron chi connectivity index (χ3n) is 4.18. The van der Waals surface area contributed by atoms with Crippen LogP contribution in [0, 0.1) is 11.3 Å². The summed E-state index contributed by atoms with van der Waals surface area (Å²) in [7, 11) is 0. The molecule has 1 aliphatic carbocycles. The Morgan fingerprint density at radius 2 is 1.93 bits per heavy atom. The lowest BCUT2D eigenvalue weighted by atomic mass is 9.73. The molecule has 0 radical (unpaired) electrons. The molecule has 1 saturated heterocycles. The average molecular weight is 198 g/mol. The van der Waals surface area contributed by atoms with Crippen molar-refractivity contribution in [3.63, 3.8) is 0 Å². The van der Waals surface area contributed by atoms with Gasteiger partial charge in [-0.2, -0.15) is 0 Å². The first kappa shape index (κ1) is 10.4. The molecule has 2 rings (SSSR count). The Morgan fingerprint density at radius 1 is 1.29 bits per heavy atom. The molecule has 1 aliphatic heterocycles. The minimum absolute atomic E-state index is 0.209. The zero-order valence-electron chi connectivity index (χ0n) is 9.64. The standard InChI is InChI=1S/C12H22O2/c1-4-11(2,3)10-6-5-7-12(10)13-8-9-14-12/h10H,4-9H2,1-3H3. The molecule has 0 N–H and O–H groups in total. The largest absolute Gasteiger partial charge is 0.347 e. The number of hydrogen-bond acceptors (Lipinski definition) is 2. The Kier molecular flexibility index (Phi) is 2.61. The topological polar surface area (TPSA) is 18.5 Å². The molecular weight excluding hydrogens is 176 g/mol. The van der Waals surface area contributed by atoms with E-state index < -0.39 is 0 Å². The van der Waals surface area contributed by atoms with Crippen LogP contribution in [-0.2, 0) is 9.47 Å². The van der Waals surface area contributed by atoms with E-state index in [0.717, 1.165) is 19.6 Å². The second-order valence-corrected chi connectivity index (χ2v) is 5.30. The summed E-state index contributed by atoms with van der Waals surface area (Å²) in [6.07, 6.45) is 4.82. The summed E-state index contributed by atoms with van der Waals surface area (Å²) >= 11 is 0. The monoisotopic (exact) mass is 198 g/mol. The molecule has 1 saturated carbocycles. The van der Waals surface area contributed by atoms with Crippen LogP contribution in [0.5, 0.6) is 0 Å². The number of ether oxygens (including phenoxy) is 2. The summed E-state index contributed by atoms with van der Waals surface area (Å²) in [4.78, 5) is 0. The molecule has 1 heterocycles. The van der Waals surface area contributed by atoms with Gasteiger partial charge in [-0.05, 0) is 18.3 Å². The summed E-state index contributed by atoms with van der Waals surface area (Å²) in [6.45, 7) is 8.53. The predicted octanol–water partition coefficient (Wildman–Crippen LogP) is 2.97. The van der Waals surface area contributed by atoms with Crippen LogP contribution in [-0.4, -0.2) is 19.0 Å². The van der Waals surface area contributed by atoms with Gasteiger partial charge in [0.2, 0.25) is 0 Å².